The van der Waals surface area contributed by atoms with Crippen LogP contribution in [0, 0.1) is 0 Å². The van der Waals surface area contributed by atoms with Crippen LogP contribution in [0.2, 0.25) is 0 Å². The van der Waals surface area contributed by atoms with E-state index in [4.69, 9.17) is 9.47 Å². The molecule has 0 N–H and O–H groups in total. The zero-order chi connectivity index (χ0) is 26.2. The van der Waals surface area contributed by atoms with Gasteiger partial charge in [-0.3, -0.25) is 0 Å². The Labute approximate surface area is 216 Å². The highest BCUT2D eigenvalue weighted by molar-refractivity contribution is 5.92. The molecule has 0 bridgehead atoms. The number of esters is 2. The number of ether oxygens (including phenoxy) is 2. The Balaban J connectivity index is 1.90. The molecule has 0 aliphatic heterocycles. The molecule has 4 heteroatoms. The van der Waals surface area contributed by atoms with E-state index in [0.717, 1.165) is 33.4 Å². The lowest BCUT2D eigenvalue weighted by atomic mass is 9.67. The van der Waals surface area contributed by atoms with Crippen LogP contribution in [0.1, 0.15) is 36.1 Å². The van der Waals surface area contributed by atoms with Crippen LogP contribution in [0.25, 0.3) is 11.1 Å². The number of rotatable bonds is 6. The Morgan fingerprint density at radius 1 is 0.541 bits per heavy atom. The largest absolute Gasteiger partial charge is 0.423 e. The molecule has 37 heavy (non-hydrogen) atoms. The average molecular weight is 487 g/mol. The molecule has 4 nitrogen and oxygen atoms in total. The summed E-state index contributed by atoms with van der Waals surface area (Å²) in [5.41, 5.74) is 5.26. The van der Waals surface area contributed by atoms with Gasteiger partial charge >= 0.3 is 11.9 Å². The van der Waals surface area contributed by atoms with Crippen LogP contribution >= 0.6 is 0 Å². The summed E-state index contributed by atoms with van der Waals surface area (Å²) in [6, 6.07) is 31.3. The third-order valence-corrected chi connectivity index (χ3v) is 6.64. The minimum atomic E-state index is -0.939. The third kappa shape index (κ3) is 3.87. The molecular formula is C33H26O4. The molecule has 0 unspecified atom stereocenters. The SMILES string of the molecule is C=C(C)C(=O)Oc1ccccc1C1(c2ccccc2OC(=O)C(=C)C)c2ccccc2-c2ccccc21. The molecule has 0 spiro atoms. The average Bonchev–Trinajstić information content (AvgIpc) is 3.20. The molecule has 4 aromatic rings. The molecule has 0 radical (unpaired) electrons. The second kappa shape index (κ2) is 9.40. The van der Waals surface area contributed by atoms with Gasteiger partial charge < -0.3 is 9.47 Å². The number of carbonyl (C=O) groups is 2. The summed E-state index contributed by atoms with van der Waals surface area (Å²) in [4.78, 5) is 25.4. The van der Waals surface area contributed by atoms with E-state index in [-0.39, 0.29) is 0 Å². The van der Waals surface area contributed by atoms with Gasteiger partial charge in [-0.15, -0.1) is 0 Å². The van der Waals surface area contributed by atoms with Crippen molar-refractivity contribution in [3.05, 3.63) is 144 Å². The quantitative estimate of drug-likeness (QED) is 0.147. The predicted molar refractivity (Wildman–Crippen MR) is 145 cm³/mol. The molecule has 1 aliphatic rings. The molecule has 1 aliphatic carbocycles. The van der Waals surface area contributed by atoms with E-state index in [2.05, 4.69) is 37.4 Å². The molecule has 5 rings (SSSR count). The van der Waals surface area contributed by atoms with Crippen molar-refractivity contribution in [3.8, 4) is 22.6 Å². The first-order chi connectivity index (χ1) is 17.9. The van der Waals surface area contributed by atoms with E-state index in [1.807, 2.05) is 60.7 Å². The molecule has 4 aromatic carbocycles. The smallest absolute Gasteiger partial charge is 0.338 e. The fraction of sp³-hybridized carbons (Fsp3) is 0.0909. The number of fused-ring (bicyclic) bond motifs is 3. The van der Waals surface area contributed by atoms with Crippen LogP contribution < -0.4 is 9.47 Å². The van der Waals surface area contributed by atoms with Gasteiger partial charge in [-0.1, -0.05) is 98.1 Å². The fourth-order valence-corrected chi connectivity index (χ4v) is 5.07. The van der Waals surface area contributed by atoms with Gasteiger partial charge in [0.15, 0.2) is 0 Å². The number of carbonyl (C=O) groups excluding carboxylic acids is 2. The first-order valence-electron chi connectivity index (χ1n) is 12.0. The Kier molecular flexibility index (Phi) is 6.10. The molecule has 0 fully saturated rings. The van der Waals surface area contributed by atoms with Crippen LogP contribution in [-0.2, 0) is 15.0 Å². The molecular weight excluding hydrogens is 460 g/mol. The standard InChI is InChI=1S/C33H26O4/c1-21(2)31(34)36-29-19-11-9-17-27(29)33(28-18-10-12-20-30(28)37-32(35)22(3)4)25-15-7-5-13-23(25)24-14-6-8-16-26(24)33/h5-20H,1,3H2,2,4H3. The lowest BCUT2D eigenvalue weighted by molar-refractivity contribution is -0.130. The van der Waals surface area contributed by atoms with E-state index in [0.29, 0.717) is 22.6 Å². The monoisotopic (exact) mass is 486 g/mol. The minimum absolute atomic E-state index is 0.298. The Morgan fingerprint density at radius 2 is 0.865 bits per heavy atom. The maximum Gasteiger partial charge on any atom is 0.338 e. The van der Waals surface area contributed by atoms with Gasteiger partial charge in [-0.2, -0.15) is 0 Å². The van der Waals surface area contributed by atoms with Crippen molar-refractivity contribution in [1.29, 1.82) is 0 Å². The third-order valence-electron chi connectivity index (χ3n) is 6.64. The zero-order valence-electron chi connectivity index (χ0n) is 20.8. The van der Waals surface area contributed by atoms with Crippen molar-refractivity contribution in [2.75, 3.05) is 0 Å². The molecule has 0 amide bonds. The van der Waals surface area contributed by atoms with Gasteiger partial charge in [-0.05, 0) is 48.2 Å². The van der Waals surface area contributed by atoms with E-state index < -0.39 is 17.4 Å². The number of benzene rings is 4. The van der Waals surface area contributed by atoms with Gasteiger partial charge in [0.2, 0.25) is 0 Å². The van der Waals surface area contributed by atoms with Crippen molar-refractivity contribution in [2.45, 2.75) is 19.3 Å². The maximum atomic E-state index is 12.7. The topological polar surface area (TPSA) is 52.6 Å². The van der Waals surface area contributed by atoms with Gasteiger partial charge in [0.25, 0.3) is 0 Å². The van der Waals surface area contributed by atoms with Crippen molar-refractivity contribution >= 4 is 11.9 Å². The highest BCUT2D eigenvalue weighted by Crippen LogP contribution is 2.59. The Bertz CT molecular complexity index is 1460. The summed E-state index contributed by atoms with van der Waals surface area (Å²) in [7, 11) is 0. The van der Waals surface area contributed by atoms with Crippen molar-refractivity contribution in [2.24, 2.45) is 0 Å². The summed E-state index contributed by atoms with van der Waals surface area (Å²) in [6.45, 7) is 10.7. The van der Waals surface area contributed by atoms with Crippen molar-refractivity contribution in [1.82, 2.24) is 0 Å². The molecule has 0 atom stereocenters. The molecule has 0 saturated carbocycles. The number of para-hydroxylation sites is 2. The normalized spacial score (nSPS) is 12.7. The Hall–Kier alpha value is -4.70. The molecule has 0 heterocycles. The van der Waals surface area contributed by atoms with Crippen LogP contribution in [0.4, 0.5) is 0 Å². The number of hydrogen-bond donors (Lipinski definition) is 0. The highest BCUT2D eigenvalue weighted by atomic mass is 16.5. The first kappa shape index (κ1) is 24.0. The van der Waals surface area contributed by atoms with Gasteiger partial charge in [0, 0.05) is 22.3 Å². The van der Waals surface area contributed by atoms with Gasteiger partial charge in [0.05, 0.1) is 5.41 Å². The maximum absolute atomic E-state index is 12.7. The van der Waals surface area contributed by atoms with Gasteiger partial charge in [-0.25, -0.2) is 9.59 Å². The van der Waals surface area contributed by atoms with Gasteiger partial charge in [0.1, 0.15) is 11.5 Å². The summed E-state index contributed by atoms with van der Waals surface area (Å²) in [5.74, 6) is -0.209. The van der Waals surface area contributed by atoms with Crippen LogP contribution in [0.5, 0.6) is 11.5 Å². The molecule has 0 saturated heterocycles. The zero-order valence-corrected chi connectivity index (χ0v) is 20.8. The lowest BCUT2D eigenvalue weighted by Gasteiger charge is -2.35. The minimum Gasteiger partial charge on any atom is -0.423 e. The highest BCUT2D eigenvalue weighted by Gasteiger charge is 2.49. The summed E-state index contributed by atoms with van der Waals surface area (Å²) < 4.78 is 11.8. The van der Waals surface area contributed by atoms with E-state index in [1.165, 1.54) is 0 Å². The summed E-state index contributed by atoms with van der Waals surface area (Å²) in [5, 5.41) is 0. The lowest BCUT2D eigenvalue weighted by Crippen LogP contribution is -2.31. The van der Waals surface area contributed by atoms with E-state index in [1.54, 1.807) is 26.0 Å². The molecule has 182 valence electrons. The van der Waals surface area contributed by atoms with Crippen molar-refractivity contribution in [3.63, 3.8) is 0 Å². The Morgan fingerprint density at radius 3 is 1.24 bits per heavy atom. The summed E-state index contributed by atoms with van der Waals surface area (Å²) in [6.07, 6.45) is 0. The van der Waals surface area contributed by atoms with Crippen LogP contribution in [0.3, 0.4) is 0 Å². The summed E-state index contributed by atoms with van der Waals surface area (Å²) >= 11 is 0. The molecule has 0 aromatic heterocycles. The second-order valence-corrected chi connectivity index (χ2v) is 9.17. The second-order valence-electron chi connectivity index (χ2n) is 9.17. The van der Waals surface area contributed by atoms with Crippen LogP contribution in [-0.4, -0.2) is 11.9 Å². The van der Waals surface area contributed by atoms with E-state index in [9.17, 15) is 9.59 Å². The predicted octanol–water partition coefficient (Wildman–Crippen LogP) is 7.01. The number of hydrogen-bond acceptors (Lipinski definition) is 4. The van der Waals surface area contributed by atoms with Crippen LogP contribution in [0.15, 0.2) is 121 Å². The first-order valence-corrected chi connectivity index (χ1v) is 12.0. The fourth-order valence-electron chi connectivity index (χ4n) is 5.07. The van der Waals surface area contributed by atoms with Crippen molar-refractivity contribution < 1.29 is 19.1 Å². The van der Waals surface area contributed by atoms with E-state index >= 15 is 0 Å².